The van der Waals surface area contributed by atoms with E-state index in [-0.39, 0.29) is 28.3 Å². The first kappa shape index (κ1) is 20.4. The second-order valence-corrected chi connectivity index (χ2v) is 6.77. The number of amides is 1. The molecule has 0 aliphatic carbocycles. The number of rotatable bonds is 6. The highest BCUT2D eigenvalue weighted by Crippen LogP contribution is 2.26. The lowest BCUT2D eigenvalue weighted by Crippen LogP contribution is -2.36. The van der Waals surface area contributed by atoms with Gasteiger partial charge in [-0.1, -0.05) is 16.8 Å². The molecule has 150 valence electrons. The molecule has 0 bridgehead atoms. The molecule has 29 heavy (non-hydrogen) atoms. The average Bonchev–Trinajstić information content (AvgIpc) is 3.31. The van der Waals surface area contributed by atoms with Crippen LogP contribution in [0.2, 0.25) is 5.02 Å². The lowest BCUT2D eigenvalue weighted by atomic mass is 10.1. The van der Waals surface area contributed by atoms with Crippen LogP contribution in [0.1, 0.15) is 42.0 Å². The number of nitriles is 1. The molecule has 0 aliphatic heterocycles. The van der Waals surface area contributed by atoms with Gasteiger partial charge in [-0.15, -0.1) is 0 Å². The Kier molecular flexibility index (Phi) is 5.91. The number of carbonyl (C=O) groups excluding carboxylic acids is 1. The van der Waals surface area contributed by atoms with Crippen LogP contribution in [0, 0.1) is 17.1 Å². The van der Waals surface area contributed by atoms with Crippen molar-refractivity contribution in [2.45, 2.75) is 32.5 Å². The van der Waals surface area contributed by atoms with Gasteiger partial charge >= 0.3 is 11.8 Å². The summed E-state index contributed by atoms with van der Waals surface area (Å²) < 4.78 is 20.3. The predicted molar refractivity (Wildman–Crippen MR) is 99.2 cm³/mol. The van der Waals surface area contributed by atoms with Crippen molar-refractivity contribution < 1.29 is 18.8 Å². The van der Waals surface area contributed by atoms with E-state index in [0.717, 1.165) is 0 Å². The minimum Gasteiger partial charge on any atom is -0.385 e. The first-order valence-corrected chi connectivity index (χ1v) is 8.91. The number of hydrogen-bond acceptors (Lipinski definition) is 7. The van der Waals surface area contributed by atoms with Crippen molar-refractivity contribution in [2.75, 3.05) is 0 Å². The number of aliphatic hydroxyl groups excluding tert-OH is 1. The van der Waals surface area contributed by atoms with Crippen LogP contribution >= 0.6 is 11.6 Å². The summed E-state index contributed by atoms with van der Waals surface area (Å²) in [6, 6.07) is 5.69. The monoisotopic (exact) mass is 418 g/mol. The van der Waals surface area contributed by atoms with Gasteiger partial charge in [-0.3, -0.25) is 9.48 Å². The Morgan fingerprint density at radius 3 is 2.86 bits per heavy atom. The van der Waals surface area contributed by atoms with Gasteiger partial charge in [0.1, 0.15) is 23.6 Å². The number of benzene rings is 1. The molecule has 2 heterocycles. The second kappa shape index (κ2) is 8.38. The van der Waals surface area contributed by atoms with Gasteiger partial charge in [0.15, 0.2) is 0 Å². The molecule has 2 atom stereocenters. The van der Waals surface area contributed by atoms with Gasteiger partial charge in [-0.25, -0.2) is 4.39 Å². The van der Waals surface area contributed by atoms with Gasteiger partial charge in [0.2, 0.25) is 5.82 Å². The van der Waals surface area contributed by atoms with Crippen molar-refractivity contribution in [1.29, 1.82) is 5.26 Å². The molecule has 3 rings (SSSR count). The molecule has 3 aromatic rings. The fourth-order valence-electron chi connectivity index (χ4n) is 2.55. The van der Waals surface area contributed by atoms with Gasteiger partial charge in [-0.2, -0.15) is 15.3 Å². The first-order valence-electron chi connectivity index (χ1n) is 8.54. The van der Waals surface area contributed by atoms with Crippen LogP contribution in [0.5, 0.6) is 0 Å². The Hall–Kier alpha value is -3.29. The summed E-state index contributed by atoms with van der Waals surface area (Å²) in [6.45, 7) is 3.52. The van der Waals surface area contributed by atoms with Gasteiger partial charge < -0.3 is 14.9 Å². The highest BCUT2D eigenvalue weighted by atomic mass is 35.5. The number of hydrogen-bond donors (Lipinski definition) is 2. The number of halogens is 2. The highest BCUT2D eigenvalue weighted by molar-refractivity contribution is 6.32. The molecule has 2 N–H and O–H groups in total. The third-order valence-corrected chi connectivity index (χ3v) is 4.24. The maximum Gasteiger partial charge on any atom is 0.316 e. The molecule has 0 saturated carbocycles. The zero-order valence-electron chi connectivity index (χ0n) is 15.4. The number of aliphatic hydroxyl groups is 1. The van der Waals surface area contributed by atoms with Crippen LogP contribution in [-0.4, -0.2) is 37.0 Å². The minimum atomic E-state index is -0.944. The number of aromatic nitrogens is 4. The van der Waals surface area contributed by atoms with E-state index < -0.39 is 17.8 Å². The van der Waals surface area contributed by atoms with Gasteiger partial charge in [0, 0.05) is 17.8 Å². The van der Waals surface area contributed by atoms with Crippen molar-refractivity contribution in [3.8, 4) is 17.3 Å². The quantitative estimate of drug-likeness (QED) is 0.628. The fourth-order valence-corrected chi connectivity index (χ4v) is 2.80. The van der Waals surface area contributed by atoms with Crippen LogP contribution < -0.4 is 5.32 Å². The van der Waals surface area contributed by atoms with Gasteiger partial charge in [0.25, 0.3) is 0 Å². The second-order valence-electron chi connectivity index (χ2n) is 6.36. The van der Waals surface area contributed by atoms with E-state index in [4.69, 9.17) is 21.4 Å². The smallest absolute Gasteiger partial charge is 0.316 e. The molecule has 0 aliphatic rings. The lowest BCUT2D eigenvalue weighted by molar-refractivity contribution is 0.0891. The molecular weight excluding hydrogens is 403 g/mol. The molecule has 11 heteroatoms. The highest BCUT2D eigenvalue weighted by Gasteiger charge is 2.19. The van der Waals surface area contributed by atoms with Crippen LogP contribution in [0.25, 0.3) is 11.3 Å². The van der Waals surface area contributed by atoms with Crippen LogP contribution in [0.15, 0.2) is 28.9 Å². The largest absolute Gasteiger partial charge is 0.385 e. The predicted octanol–water partition coefficient (Wildman–Crippen LogP) is 2.47. The van der Waals surface area contributed by atoms with Crippen molar-refractivity contribution in [3.63, 3.8) is 0 Å². The van der Waals surface area contributed by atoms with E-state index in [0.29, 0.717) is 17.8 Å². The lowest BCUT2D eigenvalue weighted by Gasteiger charge is -2.12. The van der Waals surface area contributed by atoms with Gasteiger partial charge in [-0.05, 0) is 32.0 Å². The van der Waals surface area contributed by atoms with Crippen molar-refractivity contribution >= 4 is 17.5 Å². The Bertz CT molecular complexity index is 1060. The minimum absolute atomic E-state index is 0.00815. The van der Waals surface area contributed by atoms with Gasteiger partial charge in [0.05, 0.1) is 17.3 Å². The number of nitrogens with zero attached hydrogens (tertiary/aromatic N) is 5. The van der Waals surface area contributed by atoms with E-state index >= 15 is 0 Å². The fraction of sp³-hybridized carbons (Fsp3) is 0.278. The molecule has 0 saturated heterocycles. The maximum atomic E-state index is 13.9. The van der Waals surface area contributed by atoms with E-state index in [1.54, 1.807) is 29.9 Å². The Morgan fingerprint density at radius 1 is 1.48 bits per heavy atom. The van der Waals surface area contributed by atoms with E-state index in [9.17, 15) is 14.3 Å². The Balaban J connectivity index is 1.66. The summed E-state index contributed by atoms with van der Waals surface area (Å²) in [7, 11) is 0. The van der Waals surface area contributed by atoms with Crippen LogP contribution in [0.4, 0.5) is 4.39 Å². The van der Waals surface area contributed by atoms with E-state index in [1.165, 1.54) is 19.1 Å². The van der Waals surface area contributed by atoms with Crippen molar-refractivity contribution in [2.24, 2.45) is 0 Å². The number of nitrogens with one attached hydrogen (secondary N) is 1. The first-order chi connectivity index (χ1) is 13.8. The molecule has 2 aromatic heterocycles. The van der Waals surface area contributed by atoms with Crippen LogP contribution in [-0.2, 0) is 6.54 Å². The summed E-state index contributed by atoms with van der Waals surface area (Å²) in [5, 5.41) is 28.8. The average molecular weight is 419 g/mol. The Labute approximate surface area is 169 Å². The summed E-state index contributed by atoms with van der Waals surface area (Å²) in [5.74, 6) is -1.53. The molecule has 9 nitrogen and oxygen atoms in total. The summed E-state index contributed by atoms with van der Waals surface area (Å²) in [4.78, 5) is 16.0. The molecule has 0 unspecified atom stereocenters. The van der Waals surface area contributed by atoms with E-state index in [2.05, 4.69) is 20.6 Å². The Morgan fingerprint density at radius 2 is 2.24 bits per heavy atom. The SMILES string of the molecule is C[C@@H](Cn1ccc(-c2cc(F)c(C#N)c(Cl)c2)n1)NC(=O)c1nc([C@@H](C)O)no1. The van der Waals surface area contributed by atoms with E-state index in [1.807, 2.05) is 0 Å². The molecule has 1 amide bonds. The summed E-state index contributed by atoms with van der Waals surface area (Å²) >= 11 is 5.93. The zero-order chi connectivity index (χ0) is 21.1. The van der Waals surface area contributed by atoms with Crippen LogP contribution in [0.3, 0.4) is 0 Å². The molecule has 0 radical (unpaired) electrons. The topological polar surface area (TPSA) is 130 Å². The molecule has 0 fully saturated rings. The molecule has 0 spiro atoms. The summed E-state index contributed by atoms with van der Waals surface area (Å²) in [5.41, 5.74) is 0.678. The zero-order valence-corrected chi connectivity index (χ0v) is 16.2. The standard InChI is InChI=1S/C18H16ClFN6O3/c1-9(22-17(28)18-23-16(10(2)27)25-29-18)8-26-4-3-15(24-26)11-5-13(19)12(7-21)14(20)6-11/h3-6,9-10,27H,8H2,1-2H3,(H,22,28)/t9-,10+/m0/s1. The summed E-state index contributed by atoms with van der Waals surface area (Å²) in [6.07, 6.45) is 0.723. The molecular formula is C18H16ClFN6O3. The number of carbonyl (C=O) groups is 1. The van der Waals surface area contributed by atoms with Crippen molar-refractivity contribution in [1.82, 2.24) is 25.2 Å². The normalized spacial score (nSPS) is 13.0. The third kappa shape index (κ3) is 4.59. The third-order valence-electron chi connectivity index (χ3n) is 3.94. The molecule has 1 aromatic carbocycles. The van der Waals surface area contributed by atoms with Crippen molar-refractivity contribution in [3.05, 3.63) is 52.5 Å². The maximum absolute atomic E-state index is 13.9.